The van der Waals surface area contributed by atoms with Crippen molar-refractivity contribution < 1.29 is 9.59 Å². The molecule has 0 atom stereocenters. The molecule has 0 spiro atoms. The number of rotatable bonds is 1. The molecule has 0 radical (unpaired) electrons. The molecule has 1 aromatic carbocycles. The Morgan fingerprint density at radius 2 is 2.20 bits per heavy atom. The number of halogens is 1. The van der Waals surface area contributed by atoms with Gasteiger partial charge in [-0.2, -0.15) is 0 Å². The van der Waals surface area contributed by atoms with E-state index >= 15 is 0 Å². The van der Waals surface area contributed by atoms with E-state index in [4.69, 9.17) is 11.6 Å². The number of carbonyl (C=O) groups is 2. The highest BCUT2D eigenvalue weighted by Crippen LogP contribution is 2.28. The van der Waals surface area contributed by atoms with Crippen LogP contribution in [0.25, 0.3) is 0 Å². The van der Waals surface area contributed by atoms with Crippen LogP contribution in [0.2, 0.25) is 0 Å². The Kier molecular flexibility index (Phi) is 2.60. The number of fused-ring (bicyclic) bond motifs is 1. The molecule has 0 fully saturated rings. The third-order valence-electron chi connectivity index (χ3n) is 2.19. The standard InChI is InChI=1S/C10H9ClN2O2/c11-5-10(15)13-6-9(14)12-7-3-1-2-4-8(7)13/h1-4H,5-6H2,(H,12,14). The maximum Gasteiger partial charge on any atom is 0.244 e. The summed E-state index contributed by atoms with van der Waals surface area (Å²) < 4.78 is 0. The topological polar surface area (TPSA) is 49.4 Å². The predicted molar refractivity (Wildman–Crippen MR) is 58.1 cm³/mol. The Hall–Kier alpha value is -1.55. The minimum absolute atomic E-state index is 0.0303. The molecule has 78 valence electrons. The molecule has 0 aliphatic carbocycles. The predicted octanol–water partition coefficient (Wildman–Crippen LogP) is 1.21. The summed E-state index contributed by atoms with van der Waals surface area (Å²) in [5.74, 6) is -0.590. The third kappa shape index (κ3) is 1.80. The van der Waals surface area contributed by atoms with Gasteiger partial charge in [-0.3, -0.25) is 14.5 Å². The SMILES string of the molecule is O=C1CN(C(=O)CCl)c2ccccc2N1. The highest BCUT2D eigenvalue weighted by atomic mass is 35.5. The van der Waals surface area contributed by atoms with E-state index in [9.17, 15) is 9.59 Å². The Morgan fingerprint density at radius 1 is 1.47 bits per heavy atom. The number of benzene rings is 1. The molecule has 1 aromatic rings. The van der Waals surface area contributed by atoms with E-state index in [2.05, 4.69) is 5.32 Å². The minimum Gasteiger partial charge on any atom is -0.323 e. The number of hydrogen-bond donors (Lipinski definition) is 1. The Labute approximate surface area is 91.8 Å². The fraction of sp³-hybridized carbons (Fsp3) is 0.200. The van der Waals surface area contributed by atoms with E-state index in [1.807, 2.05) is 6.07 Å². The molecule has 0 bridgehead atoms. The van der Waals surface area contributed by atoms with Gasteiger partial charge in [-0.25, -0.2) is 0 Å². The molecule has 2 rings (SSSR count). The van der Waals surface area contributed by atoms with Crippen LogP contribution in [0.15, 0.2) is 24.3 Å². The van der Waals surface area contributed by atoms with Crippen molar-refractivity contribution in [3.8, 4) is 0 Å². The molecule has 1 N–H and O–H groups in total. The molecule has 1 heterocycles. The smallest absolute Gasteiger partial charge is 0.244 e. The summed E-state index contributed by atoms with van der Waals surface area (Å²) in [5.41, 5.74) is 1.34. The van der Waals surface area contributed by atoms with Crippen LogP contribution in [-0.4, -0.2) is 24.2 Å². The van der Waals surface area contributed by atoms with Gasteiger partial charge in [-0.1, -0.05) is 12.1 Å². The van der Waals surface area contributed by atoms with E-state index in [0.717, 1.165) is 0 Å². The summed E-state index contributed by atoms with van der Waals surface area (Å²) in [5, 5.41) is 2.69. The second-order valence-corrected chi connectivity index (χ2v) is 3.45. The number of para-hydroxylation sites is 2. The Morgan fingerprint density at radius 3 is 2.93 bits per heavy atom. The monoisotopic (exact) mass is 224 g/mol. The quantitative estimate of drug-likeness (QED) is 0.729. The lowest BCUT2D eigenvalue weighted by Crippen LogP contribution is -2.42. The molecule has 4 nitrogen and oxygen atoms in total. The molecule has 1 aliphatic rings. The fourth-order valence-corrected chi connectivity index (χ4v) is 1.67. The van der Waals surface area contributed by atoms with Crippen LogP contribution in [-0.2, 0) is 9.59 Å². The van der Waals surface area contributed by atoms with Gasteiger partial charge in [0.2, 0.25) is 11.8 Å². The first-order valence-electron chi connectivity index (χ1n) is 4.47. The summed E-state index contributed by atoms with van der Waals surface area (Å²) in [4.78, 5) is 24.2. The summed E-state index contributed by atoms with van der Waals surface area (Å²) >= 11 is 5.48. The second-order valence-electron chi connectivity index (χ2n) is 3.18. The molecule has 0 saturated heterocycles. The average molecular weight is 225 g/mol. The van der Waals surface area contributed by atoms with Crippen molar-refractivity contribution in [1.82, 2.24) is 0 Å². The Balaban J connectivity index is 2.42. The summed E-state index contributed by atoms with van der Waals surface area (Å²) in [7, 11) is 0. The van der Waals surface area contributed by atoms with E-state index in [0.29, 0.717) is 11.4 Å². The van der Waals surface area contributed by atoms with Gasteiger partial charge < -0.3 is 5.32 Å². The van der Waals surface area contributed by atoms with Crippen LogP contribution in [0.3, 0.4) is 0 Å². The first kappa shape index (κ1) is 9.98. The normalized spacial score (nSPS) is 14.5. The van der Waals surface area contributed by atoms with E-state index in [-0.39, 0.29) is 24.2 Å². The van der Waals surface area contributed by atoms with Crippen LogP contribution >= 0.6 is 11.6 Å². The van der Waals surface area contributed by atoms with Crippen LogP contribution < -0.4 is 10.2 Å². The second kappa shape index (κ2) is 3.90. The van der Waals surface area contributed by atoms with Gasteiger partial charge in [0.15, 0.2) is 0 Å². The van der Waals surface area contributed by atoms with E-state index < -0.39 is 0 Å². The maximum atomic E-state index is 11.5. The van der Waals surface area contributed by atoms with E-state index in [1.165, 1.54) is 4.90 Å². The Bertz CT molecular complexity index is 420. The molecule has 0 saturated carbocycles. The molecule has 1 aliphatic heterocycles. The average Bonchev–Trinajstić information content (AvgIpc) is 2.26. The summed E-state index contributed by atoms with van der Waals surface area (Å²) in [6, 6.07) is 7.14. The van der Waals surface area contributed by atoms with Crippen LogP contribution in [0.4, 0.5) is 11.4 Å². The number of hydrogen-bond acceptors (Lipinski definition) is 2. The number of carbonyl (C=O) groups excluding carboxylic acids is 2. The van der Waals surface area contributed by atoms with Gasteiger partial charge in [0.1, 0.15) is 12.4 Å². The molecule has 0 aromatic heterocycles. The lowest BCUT2D eigenvalue weighted by molar-refractivity contribution is -0.120. The van der Waals surface area contributed by atoms with Gasteiger partial charge in [0.05, 0.1) is 11.4 Å². The van der Waals surface area contributed by atoms with Gasteiger partial charge >= 0.3 is 0 Å². The molecular weight excluding hydrogens is 216 g/mol. The molecule has 2 amide bonds. The number of nitrogens with zero attached hydrogens (tertiary/aromatic N) is 1. The first-order chi connectivity index (χ1) is 7.22. The molecule has 0 unspecified atom stereocenters. The van der Waals surface area contributed by atoms with Crippen molar-refractivity contribution in [2.75, 3.05) is 22.6 Å². The minimum atomic E-state index is -0.265. The number of alkyl halides is 1. The van der Waals surface area contributed by atoms with Gasteiger partial charge in [-0.05, 0) is 12.1 Å². The molecular formula is C10H9ClN2O2. The van der Waals surface area contributed by atoms with Gasteiger partial charge in [-0.15, -0.1) is 11.6 Å². The van der Waals surface area contributed by atoms with Crippen LogP contribution in [0, 0.1) is 0 Å². The summed E-state index contributed by atoms with van der Waals surface area (Å²) in [6.07, 6.45) is 0. The largest absolute Gasteiger partial charge is 0.323 e. The fourth-order valence-electron chi connectivity index (χ4n) is 1.53. The first-order valence-corrected chi connectivity index (χ1v) is 5.01. The van der Waals surface area contributed by atoms with Crippen molar-refractivity contribution in [3.63, 3.8) is 0 Å². The maximum absolute atomic E-state index is 11.5. The lowest BCUT2D eigenvalue weighted by Gasteiger charge is -2.28. The van der Waals surface area contributed by atoms with Crippen molar-refractivity contribution >= 4 is 34.8 Å². The molecule has 15 heavy (non-hydrogen) atoms. The van der Waals surface area contributed by atoms with Crippen molar-refractivity contribution in [2.45, 2.75) is 0 Å². The summed E-state index contributed by atoms with van der Waals surface area (Å²) in [6.45, 7) is 0.0303. The molecule has 5 heteroatoms. The van der Waals surface area contributed by atoms with Crippen molar-refractivity contribution in [2.24, 2.45) is 0 Å². The zero-order chi connectivity index (χ0) is 10.8. The van der Waals surface area contributed by atoms with Crippen molar-refractivity contribution in [1.29, 1.82) is 0 Å². The third-order valence-corrected chi connectivity index (χ3v) is 2.41. The highest BCUT2D eigenvalue weighted by Gasteiger charge is 2.25. The zero-order valence-corrected chi connectivity index (χ0v) is 8.62. The van der Waals surface area contributed by atoms with E-state index in [1.54, 1.807) is 18.2 Å². The van der Waals surface area contributed by atoms with Gasteiger partial charge in [0.25, 0.3) is 0 Å². The zero-order valence-electron chi connectivity index (χ0n) is 7.87. The lowest BCUT2D eigenvalue weighted by atomic mass is 10.2. The number of nitrogens with one attached hydrogen (secondary N) is 1. The van der Waals surface area contributed by atoms with Crippen molar-refractivity contribution in [3.05, 3.63) is 24.3 Å². The van der Waals surface area contributed by atoms with Crippen LogP contribution in [0.5, 0.6) is 0 Å². The highest BCUT2D eigenvalue weighted by molar-refractivity contribution is 6.30. The van der Waals surface area contributed by atoms with Gasteiger partial charge in [0, 0.05) is 0 Å². The number of amides is 2. The number of anilines is 2. The van der Waals surface area contributed by atoms with Crippen LogP contribution in [0.1, 0.15) is 0 Å².